The van der Waals surface area contributed by atoms with Gasteiger partial charge in [-0.15, -0.1) is 0 Å². The summed E-state index contributed by atoms with van der Waals surface area (Å²) in [4.78, 5) is 18.0. The maximum atomic E-state index is 9.04. The van der Waals surface area contributed by atoms with Crippen LogP contribution in [0.3, 0.4) is 0 Å². The monoisotopic (exact) mass is 396 g/mol. The molecular weight excluding hydrogens is 383 g/mol. The Labute approximate surface area is 102 Å². The van der Waals surface area contributed by atoms with Crippen LogP contribution in [0.25, 0.3) is 11.5 Å². The molecule has 1 saturated carbocycles. The number of carboxylic acids is 2. The maximum absolute atomic E-state index is 9.04. The Hall–Kier alpha value is -0.452. The second kappa shape index (κ2) is 8.82. The standard InChI is InChI=1S/C6H12N2.C2H2O4.Pt/c7-5-3-1-2-4-6(5)8;3-1(4)2(5)6;/h5-8H,1-4H2;(H,3,4)(H,5,6);/q-2;;+4/p-1. The minimum absolute atomic E-state index is 0. The van der Waals surface area contributed by atoms with Crippen LogP contribution in [0.1, 0.15) is 25.7 Å². The van der Waals surface area contributed by atoms with Gasteiger partial charge in [0.25, 0.3) is 0 Å². The second-order valence-electron chi connectivity index (χ2n) is 3.09. The van der Waals surface area contributed by atoms with Crippen LogP contribution in [0.5, 0.6) is 0 Å². The Morgan fingerprint density at radius 1 is 1.13 bits per heavy atom. The first-order chi connectivity index (χ1) is 6.45. The molecule has 0 radical (unpaired) electrons. The van der Waals surface area contributed by atoms with E-state index in [4.69, 9.17) is 31.3 Å². The zero-order chi connectivity index (χ0) is 11.1. The fraction of sp³-hybridized carbons (Fsp3) is 0.750. The van der Waals surface area contributed by atoms with E-state index >= 15 is 0 Å². The average molecular weight is 396 g/mol. The van der Waals surface area contributed by atoms with Crippen LogP contribution in [0.4, 0.5) is 0 Å². The summed E-state index contributed by atoms with van der Waals surface area (Å²) in [5, 5.41) is 16.3. The zero-order valence-corrected chi connectivity index (χ0v) is 10.2. The van der Waals surface area contributed by atoms with Gasteiger partial charge in [-0.3, -0.25) is 0 Å². The average Bonchev–Trinajstić information content (AvgIpc) is 2.11. The van der Waals surface area contributed by atoms with Gasteiger partial charge in [-0.2, -0.15) is 12.1 Å². The minimum atomic E-state index is -2.07. The fourth-order valence-electron chi connectivity index (χ4n) is 1.13. The summed E-state index contributed by atoms with van der Waals surface area (Å²) >= 11 is 0. The van der Waals surface area contributed by atoms with Gasteiger partial charge in [-0.05, 0) is 0 Å². The first-order valence-corrected chi connectivity index (χ1v) is 4.31. The molecule has 0 aliphatic heterocycles. The number of carbonyl (C=O) groups is 2. The summed E-state index contributed by atoms with van der Waals surface area (Å²) in [6.45, 7) is 0. The van der Waals surface area contributed by atoms with Crippen LogP contribution in [-0.2, 0) is 30.7 Å². The van der Waals surface area contributed by atoms with Gasteiger partial charge in [0.15, 0.2) is 5.97 Å². The van der Waals surface area contributed by atoms with Gasteiger partial charge in [0.1, 0.15) is 0 Å². The van der Waals surface area contributed by atoms with Crippen molar-refractivity contribution >= 4 is 11.9 Å². The van der Waals surface area contributed by atoms with Gasteiger partial charge >= 0.3 is 27.0 Å². The van der Waals surface area contributed by atoms with Crippen molar-refractivity contribution in [3.63, 3.8) is 0 Å². The molecule has 0 spiro atoms. The molecule has 6 nitrogen and oxygen atoms in total. The Balaban J connectivity index is 0. The molecule has 3 N–H and O–H groups in total. The van der Waals surface area contributed by atoms with Gasteiger partial charge < -0.3 is 26.5 Å². The molecule has 2 atom stereocenters. The molecule has 0 aromatic rings. The Kier molecular flexibility index (Phi) is 9.98. The quantitative estimate of drug-likeness (QED) is 0.588. The topological polar surface area (TPSA) is 125 Å². The van der Waals surface area contributed by atoms with Gasteiger partial charge in [0, 0.05) is 0 Å². The van der Waals surface area contributed by atoms with Gasteiger partial charge in [0.05, 0.1) is 0 Å². The van der Waals surface area contributed by atoms with Gasteiger partial charge in [-0.25, -0.2) is 4.79 Å². The van der Waals surface area contributed by atoms with Crippen molar-refractivity contribution in [1.82, 2.24) is 0 Å². The normalized spacial score (nSPS) is 24.1. The third-order valence-electron chi connectivity index (χ3n) is 1.94. The van der Waals surface area contributed by atoms with Crippen LogP contribution < -0.4 is 5.11 Å². The van der Waals surface area contributed by atoms with E-state index in [0.717, 1.165) is 12.8 Å². The summed E-state index contributed by atoms with van der Waals surface area (Å²) in [7, 11) is 0. The van der Waals surface area contributed by atoms with E-state index in [-0.39, 0.29) is 33.1 Å². The number of carbonyl (C=O) groups excluding carboxylic acids is 1. The Morgan fingerprint density at radius 2 is 1.40 bits per heavy atom. The molecule has 0 amide bonds. The summed E-state index contributed by atoms with van der Waals surface area (Å²) in [5.74, 6) is -4.01. The van der Waals surface area contributed by atoms with Gasteiger partial charge in [0.2, 0.25) is 0 Å². The molecule has 1 aliphatic carbocycles. The predicted molar refractivity (Wildman–Crippen MR) is 47.3 cm³/mol. The number of hydrogen-bond donors (Lipinski definition) is 1. The molecule has 0 bridgehead atoms. The van der Waals surface area contributed by atoms with Gasteiger partial charge in [-0.1, -0.05) is 25.7 Å². The molecule has 88 valence electrons. The molecular formula is C8H13N2O4Pt+. The van der Waals surface area contributed by atoms with Crippen LogP contribution in [-0.4, -0.2) is 29.1 Å². The van der Waals surface area contributed by atoms with E-state index in [2.05, 4.69) is 0 Å². The maximum Gasteiger partial charge on any atom is 4.00 e. The van der Waals surface area contributed by atoms with E-state index in [9.17, 15) is 0 Å². The summed E-state index contributed by atoms with van der Waals surface area (Å²) < 4.78 is 0. The molecule has 7 heteroatoms. The van der Waals surface area contributed by atoms with Crippen molar-refractivity contribution in [2.75, 3.05) is 0 Å². The van der Waals surface area contributed by atoms with Crippen molar-refractivity contribution in [1.29, 1.82) is 0 Å². The summed E-state index contributed by atoms with van der Waals surface area (Å²) in [6.07, 6.45) is 4.25. The predicted octanol–water partition coefficient (Wildman–Crippen LogP) is 0.220. The molecule has 0 aromatic carbocycles. The number of carboxylic acid groups (broad SMARTS) is 2. The molecule has 0 heterocycles. The largest absolute Gasteiger partial charge is 4.00 e. The third-order valence-corrected chi connectivity index (χ3v) is 1.94. The van der Waals surface area contributed by atoms with E-state index in [1.807, 2.05) is 0 Å². The van der Waals surface area contributed by atoms with Crippen LogP contribution >= 0.6 is 0 Å². The molecule has 2 unspecified atom stereocenters. The Morgan fingerprint density at radius 3 is 1.53 bits per heavy atom. The first kappa shape index (κ1) is 17.0. The van der Waals surface area contributed by atoms with Crippen molar-refractivity contribution < 1.29 is 40.9 Å². The fourth-order valence-corrected chi connectivity index (χ4v) is 1.13. The van der Waals surface area contributed by atoms with E-state index in [1.165, 1.54) is 12.8 Å². The number of nitrogens with one attached hydrogen (secondary N) is 2. The SMILES string of the molecule is O=C([O-])C(=O)O.[NH-]C1CCCCC1[NH-].[Pt+4]. The zero-order valence-electron chi connectivity index (χ0n) is 7.97. The number of hydrogen-bond acceptors (Lipinski definition) is 3. The summed E-state index contributed by atoms with van der Waals surface area (Å²) in [5.41, 5.74) is 14.6. The van der Waals surface area contributed by atoms with Crippen molar-refractivity contribution in [3.05, 3.63) is 11.5 Å². The minimum Gasteiger partial charge on any atom is -0.676 e. The molecule has 1 fully saturated rings. The van der Waals surface area contributed by atoms with Crippen LogP contribution in [0, 0.1) is 0 Å². The molecule has 0 aromatic heterocycles. The molecule has 1 rings (SSSR count). The number of rotatable bonds is 0. The first-order valence-electron chi connectivity index (χ1n) is 4.31. The second-order valence-corrected chi connectivity index (χ2v) is 3.09. The van der Waals surface area contributed by atoms with E-state index in [0.29, 0.717) is 0 Å². The third kappa shape index (κ3) is 8.54. The smallest absolute Gasteiger partial charge is 0.676 e. The summed E-state index contributed by atoms with van der Waals surface area (Å²) in [6, 6.07) is -0.160. The molecule has 0 saturated heterocycles. The van der Waals surface area contributed by atoms with Crippen LogP contribution in [0.2, 0.25) is 0 Å². The Bertz CT molecular complexity index is 191. The van der Waals surface area contributed by atoms with Crippen molar-refractivity contribution in [2.45, 2.75) is 37.8 Å². The van der Waals surface area contributed by atoms with Crippen molar-refractivity contribution in [3.8, 4) is 0 Å². The van der Waals surface area contributed by atoms with E-state index in [1.54, 1.807) is 0 Å². The molecule has 1 aliphatic rings. The van der Waals surface area contributed by atoms with Crippen molar-refractivity contribution in [2.24, 2.45) is 0 Å². The number of aliphatic carboxylic acids is 2. The van der Waals surface area contributed by atoms with Crippen LogP contribution in [0.15, 0.2) is 0 Å². The molecule has 15 heavy (non-hydrogen) atoms. The van der Waals surface area contributed by atoms with E-state index < -0.39 is 11.9 Å².